The molecule has 0 saturated carbocycles. The Bertz CT molecular complexity index is 1430. The Hall–Kier alpha value is -4.31. The Morgan fingerprint density at radius 1 is 0.638 bits per heavy atom. The van der Waals surface area contributed by atoms with E-state index in [1.165, 1.54) is 6.42 Å². The van der Waals surface area contributed by atoms with Gasteiger partial charge in [-0.2, -0.15) is 15.3 Å². The molecule has 0 saturated heterocycles. The maximum atomic E-state index is 11.3. The van der Waals surface area contributed by atoms with Gasteiger partial charge in [-0.15, -0.1) is 5.11 Å². The maximum Gasteiger partial charge on any atom is 0.305 e. The van der Waals surface area contributed by atoms with Crippen molar-refractivity contribution in [2.75, 3.05) is 38.3 Å². The predicted molar refractivity (Wildman–Crippen MR) is 186 cm³/mol. The smallest absolute Gasteiger partial charge is 0.305 e. The summed E-state index contributed by atoms with van der Waals surface area (Å²) in [6.07, 6.45) is 8.42. The van der Waals surface area contributed by atoms with Crippen molar-refractivity contribution < 1.29 is 23.8 Å². The van der Waals surface area contributed by atoms with E-state index in [2.05, 4.69) is 20.5 Å². The Morgan fingerprint density at radius 3 is 1.68 bits per heavy atom. The molecule has 252 valence electrons. The minimum Gasteiger partial charge on any atom is -0.494 e. The fourth-order valence-electron chi connectivity index (χ4n) is 4.34. The quantitative estimate of drug-likeness (QED) is 0.0636. The molecule has 0 unspecified atom stereocenters. The monoisotopic (exact) mass is 663 g/mol. The van der Waals surface area contributed by atoms with Crippen LogP contribution in [0.1, 0.15) is 71.6 Å². The van der Waals surface area contributed by atoms with Crippen molar-refractivity contribution in [2.45, 2.75) is 71.6 Å². The highest BCUT2D eigenvalue weighted by atomic mass is 35.5. The second-order valence-electron chi connectivity index (χ2n) is 10.9. The average Bonchev–Trinajstić information content (AvgIpc) is 3.09. The molecule has 3 aromatic carbocycles. The van der Waals surface area contributed by atoms with Gasteiger partial charge in [0.25, 0.3) is 0 Å². The van der Waals surface area contributed by atoms with Crippen LogP contribution in [0, 0.1) is 0 Å². The number of rotatable bonds is 21. The summed E-state index contributed by atoms with van der Waals surface area (Å²) in [6.45, 7) is 5.71. The fourth-order valence-corrected chi connectivity index (χ4v) is 4.55. The highest BCUT2D eigenvalue weighted by molar-refractivity contribution is 6.33. The first-order valence-electron chi connectivity index (χ1n) is 16.4. The van der Waals surface area contributed by atoms with Crippen molar-refractivity contribution in [1.29, 1.82) is 0 Å². The molecule has 0 N–H and O–H groups in total. The fraction of sp³-hybridized carbons (Fsp3) is 0.444. The largest absolute Gasteiger partial charge is 0.494 e. The number of azo groups is 2. The van der Waals surface area contributed by atoms with Gasteiger partial charge in [0.15, 0.2) is 0 Å². The van der Waals surface area contributed by atoms with Crippen molar-refractivity contribution in [3.05, 3.63) is 71.8 Å². The molecule has 0 aliphatic carbocycles. The second kappa shape index (κ2) is 21.5. The molecule has 0 bridgehead atoms. The van der Waals surface area contributed by atoms with Gasteiger partial charge >= 0.3 is 11.9 Å². The number of carbonyl (C=O) groups is 2. The van der Waals surface area contributed by atoms with Crippen molar-refractivity contribution in [2.24, 2.45) is 20.5 Å². The molecule has 3 rings (SSSR count). The first-order chi connectivity index (χ1) is 22.9. The molecule has 0 aliphatic heterocycles. The van der Waals surface area contributed by atoms with Crippen LogP contribution in [0.25, 0.3) is 0 Å². The number of likely N-dealkylation sites (N-methyl/N-ethyl adjacent to an activating group) is 1. The lowest BCUT2D eigenvalue weighted by Crippen LogP contribution is -2.23. The third-order valence-corrected chi connectivity index (χ3v) is 7.50. The number of esters is 2. The number of halogens is 1. The van der Waals surface area contributed by atoms with Gasteiger partial charge in [0.1, 0.15) is 18.0 Å². The molecule has 0 atom stereocenters. The van der Waals surface area contributed by atoms with Gasteiger partial charge in [0, 0.05) is 31.6 Å². The van der Waals surface area contributed by atoms with E-state index < -0.39 is 0 Å². The molecule has 47 heavy (non-hydrogen) atoms. The van der Waals surface area contributed by atoms with Gasteiger partial charge in [0.2, 0.25) is 0 Å². The predicted octanol–water partition coefficient (Wildman–Crippen LogP) is 10.6. The van der Waals surface area contributed by atoms with Crippen LogP contribution in [-0.2, 0) is 19.1 Å². The van der Waals surface area contributed by atoms with E-state index in [1.807, 2.05) is 73.5 Å². The van der Waals surface area contributed by atoms with E-state index >= 15 is 0 Å². The Kier molecular flexibility index (Phi) is 17.0. The molecule has 0 aliphatic rings. The topological polar surface area (TPSA) is 115 Å². The van der Waals surface area contributed by atoms with Crippen LogP contribution < -0.4 is 9.64 Å². The van der Waals surface area contributed by atoms with Gasteiger partial charge < -0.3 is 19.1 Å². The molecule has 0 amide bonds. The zero-order valence-corrected chi connectivity index (χ0v) is 28.5. The second-order valence-corrected chi connectivity index (χ2v) is 11.3. The highest BCUT2D eigenvalue weighted by Gasteiger charge is 2.05. The lowest BCUT2D eigenvalue weighted by Gasteiger charge is -2.19. The standard InChI is InChI=1S/C36H46ClN5O5/c1-4-35(43)46-25-12-10-8-6-7-9-11-24-45-32-21-22-34(33(37)27-32)41-40-29-15-13-28(14-16-29)38-39-30-17-19-31(20-18-30)42(3)23-26-47-36(44)5-2/h13-22,27H,4-12,23-26H2,1-3H3. The minimum absolute atomic E-state index is 0.122. The summed E-state index contributed by atoms with van der Waals surface area (Å²) in [5.41, 5.74) is 3.63. The Labute approximate surface area is 283 Å². The van der Waals surface area contributed by atoms with Crippen molar-refractivity contribution in [1.82, 2.24) is 0 Å². The SMILES string of the molecule is CCC(=O)OCCCCCCCCCOc1ccc(N=Nc2ccc(N=Nc3ccc(N(C)CCOC(=O)CC)cc3)cc2)c(Cl)c1. The molecular weight excluding hydrogens is 618 g/mol. The number of ether oxygens (including phenoxy) is 3. The van der Waals surface area contributed by atoms with Crippen molar-refractivity contribution in [3.8, 4) is 5.75 Å². The summed E-state index contributed by atoms with van der Waals surface area (Å²) < 4.78 is 16.1. The minimum atomic E-state index is -0.196. The summed E-state index contributed by atoms with van der Waals surface area (Å²) in [4.78, 5) is 24.4. The molecule has 0 fully saturated rings. The summed E-state index contributed by atoms with van der Waals surface area (Å²) in [7, 11) is 1.94. The highest BCUT2D eigenvalue weighted by Crippen LogP contribution is 2.31. The number of anilines is 1. The first kappa shape index (κ1) is 37.2. The number of hydrogen-bond acceptors (Lipinski definition) is 10. The van der Waals surface area contributed by atoms with Crippen LogP contribution in [0.2, 0.25) is 5.02 Å². The van der Waals surface area contributed by atoms with E-state index in [0.717, 1.165) is 49.9 Å². The molecular formula is C36H46ClN5O5. The number of nitrogens with zero attached hydrogens (tertiary/aromatic N) is 5. The van der Waals surface area contributed by atoms with E-state index in [4.69, 9.17) is 25.8 Å². The maximum absolute atomic E-state index is 11.3. The van der Waals surface area contributed by atoms with Gasteiger partial charge in [-0.3, -0.25) is 9.59 Å². The molecule has 0 heterocycles. The zero-order chi connectivity index (χ0) is 33.7. The lowest BCUT2D eigenvalue weighted by atomic mass is 10.1. The summed E-state index contributed by atoms with van der Waals surface area (Å²) >= 11 is 6.44. The Morgan fingerprint density at radius 2 is 1.13 bits per heavy atom. The first-order valence-corrected chi connectivity index (χ1v) is 16.7. The van der Waals surface area contributed by atoms with Gasteiger partial charge in [0.05, 0.1) is 41.8 Å². The van der Waals surface area contributed by atoms with Crippen LogP contribution >= 0.6 is 11.6 Å². The van der Waals surface area contributed by atoms with Crippen molar-refractivity contribution in [3.63, 3.8) is 0 Å². The number of benzene rings is 3. The molecule has 0 aromatic heterocycles. The van der Waals surface area contributed by atoms with Crippen LogP contribution in [-0.4, -0.2) is 45.4 Å². The number of carbonyl (C=O) groups excluding carboxylic acids is 2. The van der Waals surface area contributed by atoms with E-state index in [-0.39, 0.29) is 11.9 Å². The molecule has 0 spiro atoms. The summed E-state index contributed by atoms with van der Waals surface area (Å²) in [5.74, 6) is 0.392. The van der Waals surface area contributed by atoms with Gasteiger partial charge in [-0.05, 0) is 73.5 Å². The van der Waals surface area contributed by atoms with E-state index in [0.29, 0.717) is 67.0 Å². The third kappa shape index (κ3) is 14.8. The van der Waals surface area contributed by atoms with Crippen LogP contribution in [0.15, 0.2) is 87.2 Å². The number of hydrogen-bond donors (Lipinski definition) is 0. The number of unbranched alkanes of at least 4 members (excludes halogenated alkanes) is 6. The van der Waals surface area contributed by atoms with Crippen molar-refractivity contribution >= 4 is 52.0 Å². The average molecular weight is 664 g/mol. The third-order valence-electron chi connectivity index (χ3n) is 7.20. The van der Waals surface area contributed by atoms with E-state index in [9.17, 15) is 9.59 Å². The van der Waals surface area contributed by atoms with E-state index in [1.54, 1.807) is 19.1 Å². The molecule has 10 nitrogen and oxygen atoms in total. The molecule has 3 aromatic rings. The van der Waals surface area contributed by atoms with Gasteiger partial charge in [-0.1, -0.05) is 57.6 Å². The Balaban J connectivity index is 1.35. The normalized spacial score (nSPS) is 11.2. The molecule has 0 radical (unpaired) electrons. The lowest BCUT2D eigenvalue weighted by molar-refractivity contribution is -0.144. The van der Waals surface area contributed by atoms with Crippen LogP contribution in [0.4, 0.5) is 28.4 Å². The van der Waals surface area contributed by atoms with Gasteiger partial charge in [-0.25, -0.2) is 0 Å². The zero-order valence-electron chi connectivity index (χ0n) is 27.7. The summed E-state index contributed by atoms with van der Waals surface area (Å²) in [5, 5.41) is 17.7. The van der Waals surface area contributed by atoms with Crippen LogP contribution in [0.5, 0.6) is 5.75 Å². The summed E-state index contributed by atoms with van der Waals surface area (Å²) in [6, 6.07) is 20.4. The van der Waals surface area contributed by atoms with Crippen LogP contribution in [0.3, 0.4) is 0 Å². The molecule has 11 heteroatoms.